The van der Waals surface area contributed by atoms with Crippen LogP contribution in [0.2, 0.25) is 0 Å². The van der Waals surface area contributed by atoms with E-state index in [0.717, 1.165) is 33.2 Å². The van der Waals surface area contributed by atoms with Gasteiger partial charge in [-0.05, 0) is 36.4 Å². The molecule has 1 aliphatic rings. The van der Waals surface area contributed by atoms with Crippen molar-refractivity contribution < 1.29 is 14.3 Å². The van der Waals surface area contributed by atoms with Crippen LogP contribution in [0.4, 0.5) is 5.69 Å². The second kappa shape index (κ2) is 8.13. The molecule has 0 aromatic heterocycles. The van der Waals surface area contributed by atoms with Crippen molar-refractivity contribution in [2.75, 3.05) is 25.6 Å². The zero-order chi connectivity index (χ0) is 21.3. The minimum atomic E-state index is -0.333. The fourth-order valence-corrected chi connectivity index (χ4v) is 3.89. The van der Waals surface area contributed by atoms with Gasteiger partial charge >= 0.3 is 0 Å². The molecule has 1 heterocycles. The Labute approximate surface area is 176 Å². The second-order valence-corrected chi connectivity index (χ2v) is 7.47. The lowest BCUT2D eigenvalue weighted by atomic mass is 9.97. The molecular weight excluding hydrogens is 376 g/mol. The molecule has 1 aliphatic heterocycles. The summed E-state index contributed by atoms with van der Waals surface area (Å²) in [4.78, 5) is 27.8. The molecule has 4 rings (SSSR count). The van der Waals surface area contributed by atoms with Gasteiger partial charge < -0.3 is 10.1 Å². The third-order valence-electron chi connectivity index (χ3n) is 5.39. The van der Waals surface area contributed by atoms with Crippen LogP contribution in [0.5, 0.6) is 0 Å². The molecular formula is C25H24N2O3. The number of anilines is 1. The Morgan fingerprint density at radius 1 is 0.933 bits per heavy atom. The third kappa shape index (κ3) is 3.48. The van der Waals surface area contributed by atoms with Gasteiger partial charge in [0.25, 0.3) is 11.8 Å². The number of nitrogens with one attached hydrogen (secondary N) is 1. The molecule has 0 aliphatic carbocycles. The standard InChI is InChI=1S/C25H24N2O3/c1-16-11-12-19(17(2)15-16)22-23(25(29)27(24(22)28)13-14-30-3)26-21-10-6-8-18-7-4-5-9-20(18)21/h4-12,15,26H,13-14H2,1-3H3. The predicted octanol–water partition coefficient (Wildman–Crippen LogP) is 4.30. The van der Waals surface area contributed by atoms with Gasteiger partial charge in [0, 0.05) is 18.2 Å². The Balaban J connectivity index is 1.85. The first kappa shape index (κ1) is 19.9. The first-order valence-corrected chi connectivity index (χ1v) is 9.93. The summed E-state index contributed by atoms with van der Waals surface area (Å²) in [6.45, 7) is 4.47. The zero-order valence-electron chi connectivity index (χ0n) is 17.4. The predicted molar refractivity (Wildman–Crippen MR) is 119 cm³/mol. The lowest BCUT2D eigenvalue weighted by Crippen LogP contribution is -2.35. The Hall–Kier alpha value is -3.44. The summed E-state index contributed by atoms with van der Waals surface area (Å²) in [6, 6.07) is 19.7. The summed E-state index contributed by atoms with van der Waals surface area (Å²) in [5.74, 6) is -0.633. The van der Waals surface area contributed by atoms with Crippen LogP contribution in [-0.2, 0) is 14.3 Å². The number of hydrogen-bond acceptors (Lipinski definition) is 4. The summed E-state index contributed by atoms with van der Waals surface area (Å²) in [7, 11) is 1.55. The number of hydrogen-bond donors (Lipinski definition) is 1. The van der Waals surface area contributed by atoms with Crippen molar-refractivity contribution in [3.05, 3.63) is 83.1 Å². The summed E-state index contributed by atoms with van der Waals surface area (Å²) in [6.07, 6.45) is 0. The maximum absolute atomic E-state index is 13.3. The normalized spacial score (nSPS) is 14.2. The molecule has 152 valence electrons. The summed E-state index contributed by atoms with van der Waals surface area (Å²) in [5, 5.41) is 5.34. The molecule has 1 N–H and O–H groups in total. The number of aryl methyl sites for hydroxylation is 2. The first-order valence-electron chi connectivity index (χ1n) is 9.93. The average Bonchev–Trinajstić information content (AvgIpc) is 2.96. The van der Waals surface area contributed by atoms with Gasteiger partial charge in [-0.15, -0.1) is 0 Å². The van der Waals surface area contributed by atoms with E-state index in [1.54, 1.807) is 7.11 Å². The van der Waals surface area contributed by atoms with E-state index in [1.807, 2.05) is 74.5 Å². The molecule has 0 saturated carbocycles. The minimum Gasteiger partial charge on any atom is -0.383 e. The fourth-order valence-electron chi connectivity index (χ4n) is 3.89. The van der Waals surface area contributed by atoms with E-state index in [9.17, 15) is 9.59 Å². The molecule has 3 aromatic carbocycles. The van der Waals surface area contributed by atoms with Crippen molar-refractivity contribution in [1.29, 1.82) is 0 Å². The van der Waals surface area contributed by atoms with Gasteiger partial charge in [-0.3, -0.25) is 14.5 Å². The Morgan fingerprint density at radius 2 is 1.70 bits per heavy atom. The number of ether oxygens (including phenoxy) is 1. The summed E-state index contributed by atoms with van der Waals surface area (Å²) >= 11 is 0. The molecule has 30 heavy (non-hydrogen) atoms. The van der Waals surface area contributed by atoms with Gasteiger partial charge in [0.15, 0.2) is 0 Å². The monoisotopic (exact) mass is 400 g/mol. The van der Waals surface area contributed by atoms with Crippen molar-refractivity contribution in [3.63, 3.8) is 0 Å². The van der Waals surface area contributed by atoms with E-state index >= 15 is 0 Å². The number of rotatable bonds is 6. The van der Waals surface area contributed by atoms with Gasteiger partial charge in [-0.2, -0.15) is 0 Å². The molecule has 5 heteroatoms. The van der Waals surface area contributed by atoms with Gasteiger partial charge in [0.2, 0.25) is 0 Å². The van der Waals surface area contributed by atoms with E-state index in [2.05, 4.69) is 5.32 Å². The van der Waals surface area contributed by atoms with Crippen molar-refractivity contribution >= 4 is 33.8 Å². The maximum Gasteiger partial charge on any atom is 0.278 e. The van der Waals surface area contributed by atoms with Gasteiger partial charge in [-0.1, -0.05) is 60.2 Å². The number of methoxy groups -OCH3 is 1. The van der Waals surface area contributed by atoms with E-state index in [-0.39, 0.29) is 18.4 Å². The molecule has 2 amide bonds. The Bertz CT molecular complexity index is 1170. The quantitative estimate of drug-likeness (QED) is 0.627. The van der Waals surface area contributed by atoms with Crippen molar-refractivity contribution in [1.82, 2.24) is 4.90 Å². The van der Waals surface area contributed by atoms with Crippen LogP contribution < -0.4 is 5.32 Å². The number of fused-ring (bicyclic) bond motifs is 1. The van der Waals surface area contributed by atoms with E-state index in [1.165, 1.54) is 4.90 Å². The molecule has 0 fully saturated rings. The smallest absolute Gasteiger partial charge is 0.278 e. The maximum atomic E-state index is 13.3. The highest BCUT2D eigenvalue weighted by molar-refractivity contribution is 6.37. The van der Waals surface area contributed by atoms with Gasteiger partial charge in [-0.25, -0.2) is 0 Å². The van der Waals surface area contributed by atoms with E-state index in [4.69, 9.17) is 4.74 Å². The molecule has 5 nitrogen and oxygen atoms in total. The fraction of sp³-hybridized carbons (Fsp3) is 0.200. The molecule has 0 bridgehead atoms. The molecule has 0 atom stereocenters. The van der Waals surface area contributed by atoms with E-state index in [0.29, 0.717) is 17.9 Å². The zero-order valence-corrected chi connectivity index (χ0v) is 17.4. The van der Waals surface area contributed by atoms with Crippen molar-refractivity contribution in [2.45, 2.75) is 13.8 Å². The SMILES string of the molecule is COCCN1C(=O)C(Nc2cccc3ccccc23)=C(c2ccc(C)cc2C)C1=O. The molecule has 0 radical (unpaired) electrons. The Kier molecular flexibility index (Phi) is 5.38. The number of amides is 2. The number of carbonyl (C=O) groups is 2. The van der Waals surface area contributed by atoms with E-state index < -0.39 is 0 Å². The average molecular weight is 400 g/mol. The van der Waals surface area contributed by atoms with Crippen LogP contribution >= 0.6 is 0 Å². The van der Waals surface area contributed by atoms with Crippen LogP contribution in [0.25, 0.3) is 16.3 Å². The Morgan fingerprint density at radius 3 is 2.47 bits per heavy atom. The van der Waals surface area contributed by atoms with Gasteiger partial charge in [0.05, 0.1) is 18.7 Å². The molecule has 3 aromatic rings. The molecule has 0 saturated heterocycles. The lowest BCUT2D eigenvalue weighted by Gasteiger charge is -2.15. The highest BCUT2D eigenvalue weighted by Crippen LogP contribution is 2.34. The van der Waals surface area contributed by atoms with Crippen LogP contribution in [0.15, 0.2) is 66.4 Å². The van der Waals surface area contributed by atoms with Crippen molar-refractivity contribution in [3.8, 4) is 0 Å². The van der Waals surface area contributed by atoms with Crippen LogP contribution in [0.1, 0.15) is 16.7 Å². The number of nitrogens with zero attached hydrogens (tertiary/aromatic N) is 1. The lowest BCUT2D eigenvalue weighted by molar-refractivity contribution is -0.137. The molecule has 0 unspecified atom stereocenters. The largest absolute Gasteiger partial charge is 0.383 e. The minimum absolute atomic E-state index is 0.212. The third-order valence-corrected chi connectivity index (χ3v) is 5.39. The molecule has 0 spiro atoms. The highest BCUT2D eigenvalue weighted by Gasteiger charge is 2.39. The highest BCUT2D eigenvalue weighted by atomic mass is 16.5. The second-order valence-electron chi connectivity index (χ2n) is 7.47. The summed E-state index contributed by atoms with van der Waals surface area (Å²) < 4.78 is 5.11. The number of imide groups is 1. The van der Waals surface area contributed by atoms with Crippen molar-refractivity contribution in [2.24, 2.45) is 0 Å². The summed E-state index contributed by atoms with van der Waals surface area (Å²) in [5.41, 5.74) is 4.33. The van der Waals surface area contributed by atoms with Crippen LogP contribution in [0, 0.1) is 13.8 Å². The van der Waals surface area contributed by atoms with Crippen LogP contribution in [0.3, 0.4) is 0 Å². The topological polar surface area (TPSA) is 58.6 Å². The number of benzene rings is 3. The van der Waals surface area contributed by atoms with Gasteiger partial charge in [0.1, 0.15) is 5.70 Å². The first-order chi connectivity index (χ1) is 14.5. The van der Waals surface area contributed by atoms with Crippen LogP contribution in [-0.4, -0.2) is 37.0 Å². The number of carbonyl (C=O) groups excluding carboxylic acids is 2.